The standard InChI is InChI=1S/C11H12BrN3O/c12-8-4-10(14-6-8)11(16)15-9-3-1-2-7(9)5-13/h4,6-7,9,14H,1-3H2,(H,15,16). The van der Waals surface area contributed by atoms with Gasteiger partial charge >= 0.3 is 0 Å². The summed E-state index contributed by atoms with van der Waals surface area (Å²) < 4.78 is 0.848. The zero-order valence-corrected chi connectivity index (χ0v) is 10.3. The lowest BCUT2D eigenvalue weighted by atomic mass is 10.1. The van der Waals surface area contributed by atoms with E-state index < -0.39 is 0 Å². The van der Waals surface area contributed by atoms with Crippen LogP contribution in [-0.2, 0) is 0 Å². The number of aromatic amines is 1. The van der Waals surface area contributed by atoms with Crippen molar-refractivity contribution in [1.82, 2.24) is 10.3 Å². The van der Waals surface area contributed by atoms with Crippen LogP contribution in [0.1, 0.15) is 29.8 Å². The molecule has 1 aliphatic rings. The van der Waals surface area contributed by atoms with Crippen LogP contribution in [0.25, 0.3) is 0 Å². The second kappa shape index (κ2) is 4.71. The number of hydrogen-bond donors (Lipinski definition) is 2. The molecule has 2 N–H and O–H groups in total. The molecule has 0 aromatic carbocycles. The minimum absolute atomic E-state index is 0.000393. The first-order valence-corrected chi connectivity index (χ1v) is 6.04. The Balaban J connectivity index is 2.00. The molecule has 4 nitrogen and oxygen atoms in total. The van der Waals surface area contributed by atoms with Crippen LogP contribution in [-0.4, -0.2) is 16.9 Å². The molecule has 1 aromatic rings. The lowest BCUT2D eigenvalue weighted by Gasteiger charge is -2.14. The Hall–Kier alpha value is -1.28. The third kappa shape index (κ3) is 2.27. The van der Waals surface area contributed by atoms with Crippen molar-refractivity contribution in [3.8, 4) is 6.07 Å². The molecule has 0 spiro atoms. The molecule has 84 valence electrons. The number of aromatic nitrogens is 1. The third-order valence-electron chi connectivity index (χ3n) is 2.89. The van der Waals surface area contributed by atoms with E-state index in [9.17, 15) is 4.79 Å². The van der Waals surface area contributed by atoms with Gasteiger partial charge in [0.15, 0.2) is 0 Å². The van der Waals surface area contributed by atoms with Gasteiger partial charge in [0.05, 0.1) is 12.0 Å². The van der Waals surface area contributed by atoms with Crippen LogP contribution in [0.4, 0.5) is 0 Å². The summed E-state index contributed by atoms with van der Waals surface area (Å²) in [6, 6.07) is 3.97. The lowest BCUT2D eigenvalue weighted by molar-refractivity contribution is 0.0928. The highest BCUT2D eigenvalue weighted by molar-refractivity contribution is 9.10. The van der Waals surface area contributed by atoms with Crippen LogP contribution in [0.2, 0.25) is 0 Å². The van der Waals surface area contributed by atoms with Gasteiger partial charge in [0.25, 0.3) is 5.91 Å². The fraction of sp³-hybridized carbons (Fsp3) is 0.455. The second-order valence-electron chi connectivity index (χ2n) is 3.98. The van der Waals surface area contributed by atoms with Crippen LogP contribution in [0.3, 0.4) is 0 Å². The number of H-pyrrole nitrogens is 1. The van der Waals surface area contributed by atoms with Crippen molar-refractivity contribution >= 4 is 21.8 Å². The number of nitrogens with one attached hydrogen (secondary N) is 2. The summed E-state index contributed by atoms with van der Waals surface area (Å²) in [5, 5.41) is 11.8. The van der Waals surface area contributed by atoms with Crippen LogP contribution in [0.15, 0.2) is 16.7 Å². The number of rotatable bonds is 2. The topological polar surface area (TPSA) is 68.7 Å². The summed E-state index contributed by atoms with van der Waals surface area (Å²) in [6.07, 6.45) is 4.50. The van der Waals surface area contributed by atoms with E-state index >= 15 is 0 Å². The molecule has 0 saturated heterocycles. The molecular formula is C11H12BrN3O. The van der Waals surface area contributed by atoms with Gasteiger partial charge in [-0.1, -0.05) is 0 Å². The molecule has 1 aromatic heterocycles. The first-order chi connectivity index (χ1) is 7.70. The van der Waals surface area contributed by atoms with E-state index in [1.807, 2.05) is 0 Å². The molecule has 1 saturated carbocycles. The maximum absolute atomic E-state index is 11.8. The first-order valence-electron chi connectivity index (χ1n) is 5.25. The van der Waals surface area contributed by atoms with E-state index in [0.29, 0.717) is 5.69 Å². The van der Waals surface area contributed by atoms with Crippen LogP contribution in [0, 0.1) is 17.2 Å². The average molecular weight is 282 g/mol. The summed E-state index contributed by atoms with van der Waals surface area (Å²) in [6.45, 7) is 0. The molecule has 2 unspecified atom stereocenters. The summed E-state index contributed by atoms with van der Waals surface area (Å²) in [4.78, 5) is 14.7. The highest BCUT2D eigenvalue weighted by atomic mass is 79.9. The normalized spacial score (nSPS) is 24.0. The van der Waals surface area contributed by atoms with Crippen LogP contribution >= 0.6 is 15.9 Å². The van der Waals surface area contributed by atoms with Gasteiger partial charge in [-0.05, 0) is 41.3 Å². The summed E-state index contributed by atoms with van der Waals surface area (Å²) in [7, 11) is 0. The van der Waals surface area contributed by atoms with E-state index in [2.05, 4.69) is 32.3 Å². The van der Waals surface area contributed by atoms with Crippen molar-refractivity contribution in [3.05, 3.63) is 22.4 Å². The van der Waals surface area contributed by atoms with E-state index in [1.54, 1.807) is 12.3 Å². The van der Waals surface area contributed by atoms with Gasteiger partial charge in [-0.25, -0.2) is 0 Å². The van der Waals surface area contributed by atoms with Gasteiger partial charge in [0.1, 0.15) is 5.69 Å². The Labute approximate surface area is 102 Å². The maximum Gasteiger partial charge on any atom is 0.267 e. The number of carbonyl (C=O) groups is 1. The highest BCUT2D eigenvalue weighted by Crippen LogP contribution is 2.25. The van der Waals surface area contributed by atoms with E-state index in [4.69, 9.17) is 5.26 Å². The number of amides is 1. The van der Waals surface area contributed by atoms with Gasteiger partial charge < -0.3 is 10.3 Å². The Bertz CT molecular complexity index is 435. The predicted molar refractivity (Wildman–Crippen MR) is 62.7 cm³/mol. The molecule has 1 heterocycles. The quantitative estimate of drug-likeness (QED) is 0.873. The highest BCUT2D eigenvalue weighted by Gasteiger charge is 2.28. The van der Waals surface area contributed by atoms with E-state index in [1.165, 1.54) is 0 Å². The molecule has 1 fully saturated rings. The summed E-state index contributed by atoms with van der Waals surface area (Å²) in [5.74, 6) is -0.180. The van der Waals surface area contributed by atoms with Crippen molar-refractivity contribution in [3.63, 3.8) is 0 Å². The van der Waals surface area contributed by atoms with Gasteiger partial charge in [-0.15, -0.1) is 0 Å². The molecular weight excluding hydrogens is 270 g/mol. The summed E-state index contributed by atoms with van der Waals surface area (Å²) >= 11 is 3.28. The van der Waals surface area contributed by atoms with Gasteiger partial charge in [-0.2, -0.15) is 5.26 Å². The Morgan fingerprint density at radius 3 is 3.06 bits per heavy atom. The molecule has 1 amide bonds. The average Bonchev–Trinajstić information content (AvgIpc) is 2.86. The van der Waals surface area contributed by atoms with Crippen molar-refractivity contribution < 1.29 is 4.79 Å². The van der Waals surface area contributed by atoms with Crippen molar-refractivity contribution in [1.29, 1.82) is 5.26 Å². The van der Waals surface area contributed by atoms with Crippen molar-refractivity contribution in [2.24, 2.45) is 5.92 Å². The molecule has 5 heteroatoms. The Morgan fingerprint density at radius 1 is 1.62 bits per heavy atom. The summed E-state index contributed by atoms with van der Waals surface area (Å²) in [5.41, 5.74) is 0.524. The molecule has 0 radical (unpaired) electrons. The smallest absolute Gasteiger partial charge is 0.267 e. The minimum atomic E-state index is -0.141. The SMILES string of the molecule is N#CC1CCCC1NC(=O)c1cc(Br)c[nH]1. The fourth-order valence-electron chi connectivity index (χ4n) is 2.03. The third-order valence-corrected chi connectivity index (χ3v) is 3.35. The largest absolute Gasteiger partial charge is 0.356 e. The minimum Gasteiger partial charge on any atom is -0.356 e. The van der Waals surface area contributed by atoms with Crippen molar-refractivity contribution in [2.45, 2.75) is 25.3 Å². The molecule has 2 atom stereocenters. The number of nitriles is 1. The zero-order valence-electron chi connectivity index (χ0n) is 8.66. The molecule has 0 bridgehead atoms. The fourth-order valence-corrected chi connectivity index (χ4v) is 2.38. The molecule has 1 aliphatic carbocycles. The predicted octanol–water partition coefficient (Wildman–Crippen LogP) is 2.20. The van der Waals surface area contributed by atoms with Crippen molar-refractivity contribution in [2.75, 3.05) is 0 Å². The van der Waals surface area contributed by atoms with Gasteiger partial charge in [0.2, 0.25) is 0 Å². The van der Waals surface area contributed by atoms with Gasteiger partial charge in [-0.3, -0.25) is 4.79 Å². The Kier molecular flexibility index (Phi) is 3.30. The Morgan fingerprint density at radius 2 is 2.44 bits per heavy atom. The van der Waals surface area contributed by atoms with Crippen LogP contribution in [0.5, 0.6) is 0 Å². The molecule has 2 rings (SSSR count). The molecule has 16 heavy (non-hydrogen) atoms. The lowest BCUT2D eigenvalue weighted by Crippen LogP contribution is -2.37. The second-order valence-corrected chi connectivity index (χ2v) is 4.89. The van der Waals surface area contributed by atoms with Gasteiger partial charge in [0, 0.05) is 16.7 Å². The van der Waals surface area contributed by atoms with E-state index in [-0.39, 0.29) is 17.9 Å². The maximum atomic E-state index is 11.8. The van der Waals surface area contributed by atoms with E-state index in [0.717, 1.165) is 23.7 Å². The molecule has 0 aliphatic heterocycles. The monoisotopic (exact) mass is 281 g/mol. The first kappa shape index (κ1) is 11.2. The number of hydrogen-bond acceptors (Lipinski definition) is 2. The van der Waals surface area contributed by atoms with Crippen LogP contribution < -0.4 is 5.32 Å². The number of carbonyl (C=O) groups excluding carboxylic acids is 1. The number of nitrogens with zero attached hydrogens (tertiary/aromatic N) is 1. The zero-order chi connectivity index (χ0) is 11.5. The number of halogens is 1.